The van der Waals surface area contributed by atoms with E-state index in [4.69, 9.17) is 0 Å². The molecule has 1 rings (SSSR count). The van der Waals surface area contributed by atoms with Crippen molar-refractivity contribution in [3.05, 3.63) is 33.4 Å². The number of carbonyl (C=O) groups is 2. The Balaban J connectivity index is 2.54. The van der Waals surface area contributed by atoms with Gasteiger partial charge in [-0.1, -0.05) is 12.1 Å². The standard InChI is InChI=1S/C13H16IN3O2/c1-3-17(4-2)13(19)12(18)16-15-9-10-5-7-11(14)8-6-10/h5-9H,3-4H2,1-2H3,(H,16,18). The number of amides is 2. The van der Waals surface area contributed by atoms with Gasteiger partial charge in [-0.05, 0) is 54.1 Å². The fraction of sp³-hybridized carbons (Fsp3) is 0.308. The molecule has 0 aliphatic heterocycles. The van der Waals surface area contributed by atoms with Gasteiger partial charge in [-0.2, -0.15) is 5.10 Å². The first-order valence-corrected chi connectivity index (χ1v) is 7.04. The highest BCUT2D eigenvalue weighted by Crippen LogP contribution is 2.04. The summed E-state index contributed by atoms with van der Waals surface area (Å²) in [5, 5.41) is 3.77. The van der Waals surface area contributed by atoms with Gasteiger partial charge in [0.2, 0.25) is 0 Å². The number of nitrogens with one attached hydrogen (secondary N) is 1. The average Bonchev–Trinajstić information content (AvgIpc) is 2.42. The van der Waals surface area contributed by atoms with Crippen LogP contribution in [0.15, 0.2) is 29.4 Å². The second-order valence-electron chi connectivity index (χ2n) is 3.73. The van der Waals surface area contributed by atoms with E-state index in [1.807, 2.05) is 38.1 Å². The van der Waals surface area contributed by atoms with Gasteiger partial charge in [0, 0.05) is 16.7 Å². The summed E-state index contributed by atoms with van der Waals surface area (Å²) in [6, 6.07) is 7.63. The quantitative estimate of drug-likeness (QED) is 0.377. The zero-order valence-electron chi connectivity index (χ0n) is 10.9. The Kier molecular flexibility index (Phi) is 6.48. The molecule has 19 heavy (non-hydrogen) atoms. The summed E-state index contributed by atoms with van der Waals surface area (Å²) in [5.41, 5.74) is 3.09. The number of carbonyl (C=O) groups excluding carboxylic acids is 2. The maximum Gasteiger partial charge on any atom is 0.329 e. The van der Waals surface area contributed by atoms with E-state index < -0.39 is 11.8 Å². The first-order valence-electron chi connectivity index (χ1n) is 5.96. The molecule has 0 saturated heterocycles. The third kappa shape index (κ3) is 4.98. The summed E-state index contributed by atoms with van der Waals surface area (Å²) in [6.07, 6.45) is 1.50. The summed E-state index contributed by atoms with van der Waals surface area (Å²) < 4.78 is 1.12. The normalized spacial score (nSPS) is 10.5. The Labute approximate surface area is 126 Å². The van der Waals surface area contributed by atoms with E-state index in [0.29, 0.717) is 13.1 Å². The lowest BCUT2D eigenvalue weighted by molar-refractivity contribution is -0.145. The van der Waals surface area contributed by atoms with Gasteiger partial charge in [0.05, 0.1) is 6.21 Å². The van der Waals surface area contributed by atoms with Crippen LogP contribution in [-0.4, -0.2) is 36.0 Å². The van der Waals surface area contributed by atoms with Gasteiger partial charge in [0.1, 0.15) is 0 Å². The molecule has 102 valence electrons. The van der Waals surface area contributed by atoms with Gasteiger partial charge in [-0.25, -0.2) is 5.43 Å². The molecule has 5 nitrogen and oxygen atoms in total. The number of halogens is 1. The highest BCUT2D eigenvalue weighted by Gasteiger charge is 2.18. The summed E-state index contributed by atoms with van der Waals surface area (Å²) in [5.74, 6) is -1.28. The minimum Gasteiger partial charge on any atom is -0.335 e. The summed E-state index contributed by atoms with van der Waals surface area (Å²) in [4.78, 5) is 24.6. The van der Waals surface area contributed by atoms with Crippen LogP contribution in [0.4, 0.5) is 0 Å². The van der Waals surface area contributed by atoms with Crippen LogP contribution >= 0.6 is 22.6 Å². The summed E-state index contributed by atoms with van der Waals surface area (Å²) in [7, 11) is 0. The zero-order chi connectivity index (χ0) is 14.3. The molecule has 0 bridgehead atoms. The van der Waals surface area contributed by atoms with Crippen molar-refractivity contribution in [2.24, 2.45) is 5.10 Å². The van der Waals surface area contributed by atoms with Crippen molar-refractivity contribution in [3.63, 3.8) is 0 Å². The van der Waals surface area contributed by atoms with Gasteiger partial charge >= 0.3 is 11.8 Å². The Morgan fingerprint density at radius 2 is 1.84 bits per heavy atom. The van der Waals surface area contributed by atoms with Crippen molar-refractivity contribution < 1.29 is 9.59 Å². The van der Waals surface area contributed by atoms with E-state index >= 15 is 0 Å². The molecule has 1 aromatic rings. The fourth-order valence-electron chi connectivity index (χ4n) is 1.42. The molecule has 0 aliphatic rings. The molecule has 0 aliphatic carbocycles. The maximum atomic E-state index is 11.6. The van der Waals surface area contributed by atoms with Gasteiger partial charge in [-0.3, -0.25) is 9.59 Å². The lowest BCUT2D eigenvalue weighted by atomic mass is 10.2. The van der Waals surface area contributed by atoms with Crippen molar-refractivity contribution in [2.75, 3.05) is 13.1 Å². The minimum absolute atomic E-state index is 0.504. The largest absolute Gasteiger partial charge is 0.335 e. The zero-order valence-corrected chi connectivity index (χ0v) is 13.0. The van der Waals surface area contributed by atoms with E-state index in [1.165, 1.54) is 11.1 Å². The monoisotopic (exact) mass is 373 g/mol. The van der Waals surface area contributed by atoms with Crippen LogP contribution in [0, 0.1) is 3.57 Å². The van der Waals surface area contributed by atoms with E-state index in [1.54, 1.807) is 0 Å². The molecule has 0 unspecified atom stereocenters. The molecule has 0 heterocycles. The number of hydrogen-bond acceptors (Lipinski definition) is 3. The lowest BCUT2D eigenvalue weighted by Gasteiger charge is -2.16. The van der Waals surface area contributed by atoms with E-state index in [9.17, 15) is 9.59 Å². The number of nitrogens with zero attached hydrogens (tertiary/aromatic N) is 2. The van der Waals surface area contributed by atoms with E-state index in [-0.39, 0.29) is 0 Å². The number of hydrazone groups is 1. The van der Waals surface area contributed by atoms with Crippen molar-refractivity contribution >= 4 is 40.6 Å². The van der Waals surface area contributed by atoms with Crippen LogP contribution in [0.5, 0.6) is 0 Å². The summed E-state index contributed by atoms with van der Waals surface area (Å²) >= 11 is 2.20. The van der Waals surface area contributed by atoms with Crippen molar-refractivity contribution in [1.82, 2.24) is 10.3 Å². The first-order chi connectivity index (χ1) is 9.08. The Hall–Kier alpha value is -1.44. The first kappa shape index (κ1) is 15.6. The number of likely N-dealkylation sites (N-methyl/N-ethyl adjacent to an activating group) is 1. The van der Waals surface area contributed by atoms with E-state index in [2.05, 4.69) is 33.1 Å². The third-order valence-electron chi connectivity index (χ3n) is 2.49. The van der Waals surface area contributed by atoms with Crippen LogP contribution < -0.4 is 5.43 Å². The predicted octanol–water partition coefficient (Wildman–Crippen LogP) is 1.61. The van der Waals surface area contributed by atoms with Crippen LogP contribution in [0.1, 0.15) is 19.4 Å². The molecule has 0 atom stereocenters. The highest BCUT2D eigenvalue weighted by molar-refractivity contribution is 14.1. The molecular formula is C13H16IN3O2. The molecule has 6 heteroatoms. The molecule has 2 amide bonds. The van der Waals surface area contributed by atoms with E-state index in [0.717, 1.165) is 9.13 Å². The molecule has 0 saturated carbocycles. The average molecular weight is 373 g/mol. The molecular weight excluding hydrogens is 357 g/mol. The van der Waals surface area contributed by atoms with Crippen molar-refractivity contribution in [3.8, 4) is 0 Å². The fourth-order valence-corrected chi connectivity index (χ4v) is 1.78. The Bertz CT molecular complexity index is 467. The highest BCUT2D eigenvalue weighted by atomic mass is 127. The van der Waals surface area contributed by atoms with Crippen molar-refractivity contribution in [2.45, 2.75) is 13.8 Å². The maximum absolute atomic E-state index is 11.6. The molecule has 0 aromatic heterocycles. The van der Waals surface area contributed by atoms with Crippen molar-refractivity contribution in [1.29, 1.82) is 0 Å². The number of benzene rings is 1. The van der Waals surface area contributed by atoms with Gasteiger partial charge in [0.25, 0.3) is 0 Å². The third-order valence-corrected chi connectivity index (χ3v) is 3.21. The molecule has 0 radical (unpaired) electrons. The van der Waals surface area contributed by atoms with Crippen LogP contribution in [0.25, 0.3) is 0 Å². The predicted molar refractivity (Wildman–Crippen MR) is 82.8 cm³/mol. The van der Waals surface area contributed by atoms with Gasteiger partial charge in [-0.15, -0.1) is 0 Å². The molecule has 1 N–H and O–H groups in total. The van der Waals surface area contributed by atoms with Crippen LogP contribution in [0.2, 0.25) is 0 Å². The topological polar surface area (TPSA) is 61.8 Å². The molecule has 0 spiro atoms. The SMILES string of the molecule is CCN(CC)C(=O)C(=O)NN=Cc1ccc(I)cc1. The van der Waals surface area contributed by atoms with Gasteiger partial charge in [0.15, 0.2) is 0 Å². The molecule has 0 fully saturated rings. The lowest BCUT2D eigenvalue weighted by Crippen LogP contribution is -2.41. The Morgan fingerprint density at radius 3 is 2.37 bits per heavy atom. The minimum atomic E-state index is -0.717. The Morgan fingerprint density at radius 1 is 1.26 bits per heavy atom. The number of hydrogen-bond donors (Lipinski definition) is 1. The van der Waals surface area contributed by atoms with Gasteiger partial charge < -0.3 is 4.90 Å². The number of rotatable bonds is 4. The second kappa shape index (κ2) is 7.88. The van der Waals surface area contributed by atoms with Crippen LogP contribution in [-0.2, 0) is 9.59 Å². The summed E-state index contributed by atoms with van der Waals surface area (Å²) in [6.45, 7) is 4.65. The second-order valence-corrected chi connectivity index (χ2v) is 4.97. The smallest absolute Gasteiger partial charge is 0.329 e. The molecule has 1 aromatic carbocycles. The van der Waals surface area contributed by atoms with Crippen LogP contribution in [0.3, 0.4) is 0 Å².